The van der Waals surface area contributed by atoms with Crippen LogP contribution in [0.3, 0.4) is 0 Å². The van der Waals surface area contributed by atoms with Crippen LogP contribution in [0.5, 0.6) is 0 Å². The summed E-state index contributed by atoms with van der Waals surface area (Å²) < 4.78 is 0. The fraction of sp³-hybridized carbons (Fsp3) is 0.440. The van der Waals surface area contributed by atoms with E-state index in [2.05, 4.69) is 42.3 Å². The van der Waals surface area contributed by atoms with Crippen molar-refractivity contribution in [3.63, 3.8) is 0 Å². The van der Waals surface area contributed by atoms with Crippen LogP contribution in [-0.4, -0.2) is 54.8 Å². The molecular formula is C25H31N3O2. The van der Waals surface area contributed by atoms with Gasteiger partial charge in [-0.1, -0.05) is 48.5 Å². The first-order valence-corrected chi connectivity index (χ1v) is 11.0. The van der Waals surface area contributed by atoms with Crippen molar-refractivity contribution in [1.29, 1.82) is 0 Å². The molecule has 0 unspecified atom stereocenters. The molecule has 0 saturated carbocycles. The molecule has 4 rings (SSSR count). The summed E-state index contributed by atoms with van der Waals surface area (Å²) in [6.07, 6.45) is 2.85. The third-order valence-electron chi connectivity index (χ3n) is 6.45. The topological polar surface area (TPSA) is 43.9 Å². The number of likely N-dealkylation sites (N-methyl/N-ethyl adjacent to an activating group) is 1. The fourth-order valence-electron chi connectivity index (χ4n) is 4.57. The number of hydrogen-bond acceptors (Lipinski definition) is 3. The van der Waals surface area contributed by atoms with Crippen LogP contribution in [0.2, 0.25) is 0 Å². The van der Waals surface area contributed by atoms with E-state index in [1.165, 1.54) is 16.8 Å². The zero-order valence-electron chi connectivity index (χ0n) is 17.8. The largest absolute Gasteiger partial charge is 0.373 e. The highest BCUT2D eigenvalue weighted by atomic mass is 16.2. The van der Waals surface area contributed by atoms with Crippen LogP contribution in [0, 0.1) is 5.92 Å². The van der Waals surface area contributed by atoms with Gasteiger partial charge in [0.2, 0.25) is 11.8 Å². The lowest BCUT2D eigenvalue weighted by Crippen LogP contribution is -2.45. The lowest BCUT2D eigenvalue weighted by Gasteiger charge is -2.34. The molecule has 0 aliphatic carbocycles. The predicted molar refractivity (Wildman–Crippen MR) is 119 cm³/mol. The van der Waals surface area contributed by atoms with E-state index in [0.717, 1.165) is 32.4 Å². The number of likely N-dealkylation sites (tertiary alicyclic amines) is 1. The van der Waals surface area contributed by atoms with Gasteiger partial charge in [0.25, 0.3) is 0 Å². The van der Waals surface area contributed by atoms with E-state index in [9.17, 15) is 9.59 Å². The number of amides is 2. The van der Waals surface area contributed by atoms with Gasteiger partial charge in [0, 0.05) is 57.8 Å². The lowest BCUT2D eigenvalue weighted by molar-refractivity contribution is -0.141. The maximum Gasteiger partial charge on any atom is 0.226 e. The number of carbonyl (C=O) groups is 2. The molecule has 2 aliphatic heterocycles. The Hall–Kier alpha value is -2.82. The maximum absolute atomic E-state index is 13.2. The van der Waals surface area contributed by atoms with Gasteiger partial charge < -0.3 is 14.7 Å². The van der Waals surface area contributed by atoms with Crippen LogP contribution in [0.1, 0.15) is 30.4 Å². The van der Waals surface area contributed by atoms with E-state index in [1.54, 1.807) is 0 Å². The highest BCUT2D eigenvalue weighted by Gasteiger charge is 2.31. The van der Waals surface area contributed by atoms with Gasteiger partial charge in [-0.3, -0.25) is 9.59 Å². The van der Waals surface area contributed by atoms with Crippen molar-refractivity contribution in [3.05, 3.63) is 65.7 Å². The minimum atomic E-state index is 0.0266. The summed E-state index contributed by atoms with van der Waals surface area (Å²) in [5.41, 5.74) is 3.62. The summed E-state index contributed by atoms with van der Waals surface area (Å²) in [7, 11) is 2.09. The first kappa shape index (κ1) is 20.5. The summed E-state index contributed by atoms with van der Waals surface area (Å²) in [6.45, 7) is 3.65. The lowest BCUT2D eigenvalue weighted by atomic mass is 9.94. The summed E-state index contributed by atoms with van der Waals surface area (Å²) in [5.74, 6) is 0.477. The Morgan fingerprint density at radius 2 is 1.57 bits per heavy atom. The van der Waals surface area contributed by atoms with Crippen molar-refractivity contribution in [2.24, 2.45) is 5.92 Å². The van der Waals surface area contributed by atoms with Crippen molar-refractivity contribution in [2.45, 2.75) is 32.2 Å². The van der Waals surface area contributed by atoms with Crippen LogP contribution in [0.4, 0.5) is 5.69 Å². The monoisotopic (exact) mass is 405 g/mol. The standard InChI is InChI=1S/C25H31N3O2/c1-26-17-18-28(19-22-9-5-6-10-23(22)26)25(30)21-13-15-27(16-14-21)24(29)12-11-20-7-3-2-4-8-20/h2-10,21H,11-19H2,1H3. The second-order valence-electron chi connectivity index (χ2n) is 8.45. The average molecular weight is 406 g/mol. The highest BCUT2D eigenvalue weighted by molar-refractivity contribution is 5.81. The number of fused-ring (bicyclic) bond motifs is 1. The quantitative estimate of drug-likeness (QED) is 0.784. The second-order valence-corrected chi connectivity index (χ2v) is 8.45. The molecule has 1 fully saturated rings. The van der Waals surface area contributed by atoms with Gasteiger partial charge in [0.05, 0.1) is 0 Å². The van der Waals surface area contributed by atoms with Crippen LogP contribution < -0.4 is 4.90 Å². The number of hydrogen-bond donors (Lipinski definition) is 0. The van der Waals surface area contributed by atoms with Crippen molar-refractivity contribution in [1.82, 2.24) is 9.80 Å². The van der Waals surface area contributed by atoms with Gasteiger partial charge in [-0.25, -0.2) is 0 Å². The molecule has 2 heterocycles. The van der Waals surface area contributed by atoms with Crippen LogP contribution in [0.25, 0.3) is 0 Å². The Bertz CT molecular complexity index is 875. The van der Waals surface area contributed by atoms with Crippen LogP contribution >= 0.6 is 0 Å². The Morgan fingerprint density at radius 1 is 0.867 bits per heavy atom. The molecule has 0 atom stereocenters. The maximum atomic E-state index is 13.2. The van der Waals surface area contributed by atoms with Gasteiger partial charge >= 0.3 is 0 Å². The molecule has 0 bridgehead atoms. The molecule has 158 valence electrons. The van der Waals surface area contributed by atoms with Gasteiger partial charge in [0.15, 0.2) is 0 Å². The van der Waals surface area contributed by atoms with E-state index >= 15 is 0 Å². The first-order chi connectivity index (χ1) is 14.6. The normalized spacial score (nSPS) is 17.4. The number of anilines is 1. The molecule has 2 amide bonds. The second kappa shape index (κ2) is 9.33. The molecule has 30 heavy (non-hydrogen) atoms. The first-order valence-electron chi connectivity index (χ1n) is 11.0. The van der Waals surface area contributed by atoms with Gasteiger partial charge in [-0.2, -0.15) is 0 Å². The van der Waals surface area contributed by atoms with Crippen molar-refractivity contribution < 1.29 is 9.59 Å². The molecule has 5 heteroatoms. The van der Waals surface area contributed by atoms with Gasteiger partial charge in [-0.05, 0) is 36.5 Å². The molecular weight excluding hydrogens is 374 g/mol. The molecule has 0 spiro atoms. The Morgan fingerprint density at radius 3 is 2.33 bits per heavy atom. The predicted octanol–water partition coefficient (Wildman–Crippen LogP) is 3.34. The van der Waals surface area contributed by atoms with Crippen molar-refractivity contribution in [2.75, 3.05) is 38.1 Å². The molecule has 2 aliphatic rings. The molecule has 2 aromatic carbocycles. The third kappa shape index (κ3) is 4.66. The molecule has 2 aromatic rings. The Balaban J connectivity index is 1.29. The summed E-state index contributed by atoms with van der Waals surface area (Å²) in [4.78, 5) is 32.0. The summed E-state index contributed by atoms with van der Waals surface area (Å²) in [6, 6.07) is 18.5. The summed E-state index contributed by atoms with van der Waals surface area (Å²) in [5, 5.41) is 0. The van der Waals surface area contributed by atoms with Crippen LogP contribution in [-0.2, 0) is 22.6 Å². The summed E-state index contributed by atoms with van der Waals surface area (Å²) >= 11 is 0. The zero-order valence-corrected chi connectivity index (χ0v) is 17.8. The fourth-order valence-corrected chi connectivity index (χ4v) is 4.57. The third-order valence-corrected chi connectivity index (χ3v) is 6.45. The number of aryl methyl sites for hydroxylation is 1. The molecule has 0 N–H and O–H groups in total. The van der Waals surface area contributed by atoms with E-state index in [4.69, 9.17) is 0 Å². The molecule has 0 aromatic heterocycles. The highest BCUT2D eigenvalue weighted by Crippen LogP contribution is 2.27. The minimum absolute atomic E-state index is 0.0266. The van der Waals surface area contributed by atoms with E-state index in [-0.39, 0.29) is 17.7 Å². The van der Waals surface area contributed by atoms with Crippen LogP contribution in [0.15, 0.2) is 54.6 Å². The number of piperidine rings is 1. The Kier molecular flexibility index (Phi) is 6.36. The smallest absolute Gasteiger partial charge is 0.226 e. The van der Waals surface area contributed by atoms with Gasteiger partial charge in [0.1, 0.15) is 0 Å². The molecule has 0 radical (unpaired) electrons. The number of nitrogens with zero attached hydrogens (tertiary/aromatic N) is 3. The molecule has 1 saturated heterocycles. The number of carbonyl (C=O) groups excluding carboxylic acids is 2. The number of para-hydroxylation sites is 1. The van der Waals surface area contributed by atoms with Gasteiger partial charge in [-0.15, -0.1) is 0 Å². The average Bonchev–Trinajstić information content (AvgIpc) is 2.97. The van der Waals surface area contributed by atoms with E-state index in [1.807, 2.05) is 34.1 Å². The van der Waals surface area contributed by atoms with E-state index in [0.29, 0.717) is 26.1 Å². The van der Waals surface area contributed by atoms with Crippen molar-refractivity contribution >= 4 is 17.5 Å². The number of rotatable bonds is 4. The minimum Gasteiger partial charge on any atom is -0.373 e. The van der Waals surface area contributed by atoms with Crippen molar-refractivity contribution in [3.8, 4) is 0 Å². The SMILES string of the molecule is CN1CCN(C(=O)C2CCN(C(=O)CCc3ccccc3)CC2)Cc2ccccc21. The number of benzene rings is 2. The Labute approximate surface area is 179 Å². The van der Waals surface area contributed by atoms with E-state index < -0.39 is 0 Å². The zero-order chi connectivity index (χ0) is 20.9. The molecule has 5 nitrogen and oxygen atoms in total.